The summed E-state index contributed by atoms with van der Waals surface area (Å²) in [6.07, 6.45) is -5.08. The maximum Gasteiger partial charge on any atom is 0.405 e. The number of halogens is 4. The molecule has 0 spiro atoms. The third-order valence-electron chi connectivity index (χ3n) is 2.53. The van der Waals surface area contributed by atoms with Crippen LogP contribution in [0.25, 0.3) is 0 Å². The Morgan fingerprint density at radius 3 is 2.44 bits per heavy atom. The van der Waals surface area contributed by atoms with Gasteiger partial charge in [-0.2, -0.15) is 13.2 Å². The Morgan fingerprint density at radius 1 is 1.39 bits per heavy atom. The van der Waals surface area contributed by atoms with Crippen molar-refractivity contribution < 1.29 is 18.3 Å². The fraction of sp³-hybridized carbons (Fsp3) is 0.500. The largest absolute Gasteiger partial charge is 0.405 e. The Labute approximate surface area is 113 Å². The van der Waals surface area contributed by atoms with Crippen molar-refractivity contribution >= 4 is 21.6 Å². The number of alkyl halides is 3. The first kappa shape index (κ1) is 15.3. The highest BCUT2D eigenvalue weighted by molar-refractivity contribution is 9.10. The second-order valence-electron chi connectivity index (χ2n) is 4.01. The number of hydrogen-bond acceptors (Lipinski definition) is 2. The lowest BCUT2D eigenvalue weighted by Gasteiger charge is -2.27. The number of nitrogens with zero attached hydrogens (tertiary/aromatic N) is 1. The van der Waals surface area contributed by atoms with Crippen LogP contribution in [0.4, 0.5) is 18.9 Å². The maximum absolute atomic E-state index is 12.5. The minimum atomic E-state index is -4.26. The van der Waals surface area contributed by atoms with Gasteiger partial charge < -0.3 is 10.0 Å². The van der Waals surface area contributed by atoms with Crippen LogP contribution in [0.15, 0.2) is 22.7 Å². The molecule has 0 radical (unpaired) electrons. The fourth-order valence-corrected chi connectivity index (χ4v) is 2.11. The predicted octanol–water partition coefficient (Wildman–Crippen LogP) is 3.89. The highest BCUT2D eigenvalue weighted by Crippen LogP contribution is 2.31. The van der Waals surface area contributed by atoms with Gasteiger partial charge in [0.15, 0.2) is 0 Å². The molecule has 1 aromatic carbocycles. The molecule has 0 aliphatic heterocycles. The van der Waals surface area contributed by atoms with Gasteiger partial charge in [-0.1, -0.05) is 15.9 Å². The summed E-state index contributed by atoms with van der Waals surface area (Å²) in [5.41, 5.74) is 0.892. The molecule has 102 valence electrons. The number of anilines is 1. The third kappa shape index (κ3) is 4.17. The highest BCUT2D eigenvalue weighted by Gasteiger charge is 2.31. The molecular formula is C12H15BrF3NO. The smallest absolute Gasteiger partial charge is 0.389 e. The molecule has 0 saturated carbocycles. The van der Waals surface area contributed by atoms with E-state index in [1.54, 1.807) is 25.1 Å². The molecule has 0 aromatic heterocycles. The van der Waals surface area contributed by atoms with Crippen molar-refractivity contribution in [2.24, 2.45) is 0 Å². The zero-order chi connectivity index (χ0) is 13.9. The van der Waals surface area contributed by atoms with Gasteiger partial charge >= 0.3 is 6.18 Å². The van der Waals surface area contributed by atoms with Gasteiger partial charge in [-0.25, -0.2) is 0 Å². The average molecular weight is 326 g/mol. The average Bonchev–Trinajstić information content (AvgIpc) is 2.24. The Bertz CT molecular complexity index is 407. The second kappa shape index (κ2) is 5.93. The Kier molecular flexibility index (Phi) is 5.04. The topological polar surface area (TPSA) is 23.5 Å². The molecule has 1 rings (SSSR count). The standard InChI is InChI=1S/C12H15BrF3NO/c1-3-17(7-12(14,15)16)11-5-4-9(13)6-10(11)8(2)18/h4-6,8,18H,3,7H2,1-2H3. The van der Waals surface area contributed by atoms with E-state index >= 15 is 0 Å². The van der Waals surface area contributed by atoms with E-state index in [2.05, 4.69) is 15.9 Å². The molecule has 18 heavy (non-hydrogen) atoms. The van der Waals surface area contributed by atoms with Crippen molar-refractivity contribution in [3.63, 3.8) is 0 Å². The number of rotatable bonds is 4. The molecule has 2 nitrogen and oxygen atoms in total. The quantitative estimate of drug-likeness (QED) is 0.907. The lowest BCUT2D eigenvalue weighted by atomic mass is 10.1. The molecule has 0 saturated heterocycles. The molecular weight excluding hydrogens is 311 g/mol. The van der Waals surface area contributed by atoms with Crippen LogP contribution in [-0.2, 0) is 0 Å². The van der Waals surface area contributed by atoms with E-state index in [-0.39, 0.29) is 6.54 Å². The zero-order valence-corrected chi connectivity index (χ0v) is 11.7. The molecule has 0 aliphatic rings. The van der Waals surface area contributed by atoms with Crippen LogP contribution in [0.3, 0.4) is 0 Å². The molecule has 0 fully saturated rings. The van der Waals surface area contributed by atoms with E-state index in [0.717, 1.165) is 4.47 Å². The lowest BCUT2D eigenvalue weighted by molar-refractivity contribution is -0.119. The van der Waals surface area contributed by atoms with Crippen LogP contribution in [0, 0.1) is 0 Å². The summed E-state index contributed by atoms with van der Waals surface area (Å²) in [4.78, 5) is 1.20. The van der Waals surface area contributed by atoms with E-state index in [0.29, 0.717) is 11.3 Å². The van der Waals surface area contributed by atoms with Crippen molar-refractivity contribution in [3.8, 4) is 0 Å². The van der Waals surface area contributed by atoms with E-state index in [1.807, 2.05) is 0 Å². The summed E-state index contributed by atoms with van der Waals surface area (Å²) in [6, 6.07) is 4.89. The van der Waals surface area contributed by atoms with Crippen LogP contribution in [-0.4, -0.2) is 24.4 Å². The number of hydrogen-bond donors (Lipinski definition) is 1. The molecule has 0 heterocycles. The molecule has 1 aromatic rings. The molecule has 1 atom stereocenters. The first-order valence-corrected chi connectivity index (χ1v) is 6.33. The molecule has 1 N–H and O–H groups in total. The van der Waals surface area contributed by atoms with Gasteiger partial charge in [0.1, 0.15) is 6.54 Å². The highest BCUT2D eigenvalue weighted by atomic mass is 79.9. The van der Waals surface area contributed by atoms with Crippen LogP contribution in [0.2, 0.25) is 0 Å². The third-order valence-corrected chi connectivity index (χ3v) is 3.03. The molecule has 6 heteroatoms. The monoisotopic (exact) mass is 325 g/mol. The Hall–Kier alpha value is -0.750. The first-order valence-electron chi connectivity index (χ1n) is 5.53. The Morgan fingerprint density at radius 2 is 2.00 bits per heavy atom. The van der Waals surface area contributed by atoms with Gasteiger partial charge in [-0.05, 0) is 32.0 Å². The summed E-state index contributed by atoms with van der Waals surface area (Å²) in [6.45, 7) is 2.39. The molecule has 0 aliphatic carbocycles. The molecule has 1 unspecified atom stereocenters. The number of aliphatic hydroxyl groups is 1. The number of benzene rings is 1. The van der Waals surface area contributed by atoms with Crippen LogP contribution in [0.1, 0.15) is 25.5 Å². The van der Waals surface area contributed by atoms with Crippen molar-refractivity contribution in [1.29, 1.82) is 0 Å². The lowest BCUT2D eigenvalue weighted by Crippen LogP contribution is -2.34. The van der Waals surface area contributed by atoms with Gasteiger partial charge in [0.05, 0.1) is 6.10 Å². The fourth-order valence-electron chi connectivity index (χ4n) is 1.73. The SMILES string of the molecule is CCN(CC(F)(F)F)c1ccc(Br)cc1C(C)O. The van der Waals surface area contributed by atoms with Crippen molar-refractivity contribution in [1.82, 2.24) is 0 Å². The predicted molar refractivity (Wildman–Crippen MR) is 68.7 cm³/mol. The van der Waals surface area contributed by atoms with Crippen LogP contribution >= 0.6 is 15.9 Å². The first-order chi connectivity index (χ1) is 8.24. The summed E-state index contributed by atoms with van der Waals surface area (Å²) < 4.78 is 38.2. The minimum absolute atomic E-state index is 0.223. The van der Waals surface area contributed by atoms with E-state index in [4.69, 9.17) is 0 Å². The van der Waals surface area contributed by atoms with Gasteiger partial charge in [-0.15, -0.1) is 0 Å². The van der Waals surface area contributed by atoms with E-state index in [9.17, 15) is 18.3 Å². The summed E-state index contributed by atoms with van der Waals surface area (Å²) in [7, 11) is 0. The Balaban J connectivity index is 3.12. The number of aliphatic hydroxyl groups excluding tert-OH is 1. The van der Waals surface area contributed by atoms with Crippen LogP contribution < -0.4 is 4.90 Å². The summed E-state index contributed by atoms with van der Waals surface area (Å²) >= 11 is 3.25. The van der Waals surface area contributed by atoms with Crippen molar-refractivity contribution in [2.45, 2.75) is 26.1 Å². The van der Waals surface area contributed by atoms with Gasteiger partial charge in [0.25, 0.3) is 0 Å². The molecule has 0 bridgehead atoms. The summed E-state index contributed by atoms with van der Waals surface area (Å²) in [5.74, 6) is 0. The minimum Gasteiger partial charge on any atom is -0.389 e. The summed E-state index contributed by atoms with van der Waals surface area (Å²) in [5, 5.41) is 9.64. The van der Waals surface area contributed by atoms with E-state index in [1.165, 1.54) is 11.8 Å². The van der Waals surface area contributed by atoms with Gasteiger partial charge in [-0.3, -0.25) is 0 Å². The van der Waals surface area contributed by atoms with Crippen molar-refractivity contribution in [3.05, 3.63) is 28.2 Å². The van der Waals surface area contributed by atoms with Gasteiger partial charge in [0.2, 0.25) is 0 Å². The second-order valence-corrected chi connectivity index (χ2v) is 4.92. The normalized spacial score (nSPS) is 13.5. The maximum atomic E-state index is 12.5. The molecule has 0 amide bonds. The van der Waals surface area contributed by atoms with Gasteiger partial charge in [0, 0.05) is 22.3 Å². The van der Waals surface area contributed by atoms with Crippen molar-refractivity contribution in [2.75, 3.05) is 18.0 Å². The zero-order valence-electron chi connectivity index (χ0n) is 10.1. The van der Waals surface area contributed by atoms with Crippen LogP contribution in [0.5, 0.6) is 0 Å². The van der Waals surface area contributed by atoms with E-state index < -0.39 is 18.8 Å².